The zero-order valence-electron chi connectivity index (χ0n) is 10.8. The third kappa shape index (κ3) is 2.43. The van der Waals surface area contributed by atoms with Gasteiger partial charge in [-0.15, -0.1) is 0 Å². The van der Waals surface area contributed by atoms with Gasteiger partial charge in [0.15, 0.2) is 5.03 Å². The lowest BCUT2D eigenvalue weighted by atomic mass is 10.2. The van der Waals surface area contributed by atoms with Crippen molar-refractivity contribution in [2.24, 2.45) is 7.05 Å². The van der Waals surface area contributed by atoms with Crippen molar-refractivity contribution in [3.8, 4) is 0 Å². The lowest BCUT2D eigenvalue weighted by Gasteiger charge is -2.27. The second kappa shape index (κ2) is 5.38. The van der Waals surface area contributed by atoms with Crippen molar-refractivity contribution >= 4 is 10.0 Å². The Kier molecular flexibility index (Phi) is 4.04. The van der Waals surface area contributed by atoms with Crippen molar-refractivity contribution < 1.29 is 8.42 Å². The molecule has 7 heteroatoms. The fraction of sp³-hybridized carbons (Fsp3) is 0.727. The Bertz CT molecular complexity index is 491. The fourth-order valence-electron chi connectivity index (χ4n) is 2.34. The number of nitrogens with one attached hydrogen (secondary N) is 1. The highest BCUT2D eigenvalue weighted by Gasteiger charge is 2.34. The predicted molar refractivity (Wildman–Crippen MR) is 68.7 cm³/mol. The first-order valence-corrected chi connectivity index (χ1v) is 7.72. The van der Waals surface area contributed by atoms with Crippen LogP contribution in [-0.2, 0) is 17.1 Å². The van der Waals surface area contributed by atoms with Crippen LogP contribution in [0.2, 0.25) is 0 Å². The first kappa shape index (κ1) is 13.5. The molecule has 2 heterocycles. The van der Waals surface area contributed by atoms with E-state index in [1.165, 1.54) is 10.9 Å². The molecule has 0 bridgehead atoms. The van der Waals surface area contributed by atoms with Crippen LogP contribution in [-0.4, -0.2) is 48.2 Å². The molecule has 18 heavy (non-hydrogen) atoms. The average Bonchev–Trinajstić information content (AvgIpc) is 2.96. The van der Waals surface area contributed by atoms with E-state index < -0.39 is 10.0 Å². The number of hydrogen-bond acceptors (Lipinski definition) is 4. The van der Waals surface area contributed by atoms with Gasteiger partial charge in [0.2, 0.25) is 0 Å². The van der Waals surface area contributed by atoms with Gasteiger partial charge in [0.05, 0.1) is 6.20 Å². The Morgan fingerprint density at radius 2 is 2.39 bits per heavy atom. The molecule has 1 aliphatic rings. The molecule has 0 spiro atoms. The van der Waals surface area contributed by atoms with E-state index in [4.69, 9.17) is 0 Å². The molecule has 1 aromatic rings. The van der Waals surface area contributed by atoms with Gasteiger partial charge in [0, 0.05) is 26.2 Å². The second-order valence-corrected chi connectivity index (χ2v) is 6.39. The molecule has 0 aromatic carbocycles. The summed E-state index contributed by atoms with van der Waals surface area (Å²) in [4.78, 5) is 0. The van der Waals surface area contributed by atoms with Crippen molar-refractivity contribution in [3.63, 3.8) is 0 Å². The monoisotopic (exact) mass is 272 g/mol. The Balaban J connectivity index is 2.32. The minimum atomic E-state index is -3.44. The molecule has 6 nitrogen and oxygen atoms in total. The zero-order valence-corrected chi connectivity index (χ0v) is 11.7. The van der Waals surface area contributed by atoms with Crippen LogP contribution in [0.1, 0.15) is 19.8 Å². The number of rotatable bonds is 5. The van der Waals surface area contributed by atoms with Crippen LogP contribution >= 0.6 is 0 Å². The summed E-state index contributed by atoms with van der Waals surface area (Å²) in [6.45, 7) is 4.16. The number of aromatic nitrogens is 2. The smallest absolute Gasteiger partial charge is 0.260 e. The van der Waals surface area contributed by atoms with E-state index in [0.717, 1.165) is 25.9 Å². The van der Waals surface area contributed by atoms with Crippen LogP contribution in [0.5, 0.6) is 0 Å². The van der Waals surface area contributed by atoms with E-state index in [-0.39, 0.29) is 11.1 Å². The van der Waals surface area contributed by atoms with Gasteiger partial charge in [0.1, 0.15) is 0 Å². The molecule has 2 rings (SSSR count). The lowest BCUT2D eigenvalue weighted by Crippen LogP contribution is -2.42. The zero-order chi connectivity index (χ0) is 13.2. The summed E-state index contributed by atoms with van der Waals surface area (Å²) < 4.78 is 28.3. The molecule has 1 unspecified atom stereocenters. The van der Waals surface area contributed by atoms with E-state index >= 15 is 0 Å². The summed E-state index contributed by atoms with van der Waals surface area (Å²) in [6.07, 6.45) is 3.20. The van der Waals surface area contributed by atoms with Crippen molar-refractivity contribution in [2.75, 3.05) is 19.6 Å². The minimum Gasteiger partial charge on any atom is -0.315 e. The van der Waals surface area contributed by atoms with Crippen molar-refractivity contribution in [1.29, 1.82) is 0 Å². The van der Waals surface area contributed by atoms with Gasteiger partial charge >= 0.3 is 0 Å². The Morgan fingerprint density at radius 1 is 1.61 bits per heavy atom. The highest BCUT2D eigenvalue weighted by molar-refractivity contribution is 7.89. The molecule has 1 saturated heterocycles. The molecule has 0 radical (unpaired) electrons. The molecule has 102 valence electrons. The minimum absolute atomic E-state index is 0.0600. The van der Waals surface area contributed by atoms with Crippen LogP contribution in [0.3, 0.4) is 0 Å². The molecule has 0 amide bonds. The first-order chi connectivity index (χ1) is 8.57. The van der Waals surface area contributed by atoms with Crippen LogP contribution in [0.4, 0.5) is 0 Å². The van der Waals surface area contributed by atoms with Gasteiger partial charge in [-0.2, -0.15) is 9.40 Å². The predicted octanol–water partition coefficient (Wildman–Crippen LogP) is 0.183. The first-order valence-electron chi connectivity index (χ1n) is 6.28. The third-order valence-corrected chi connectivity index (χ3v) is 5.26. The van der Waals surface area contributed by atoms with Gasteiger partial charge < -0.3 is 5.32 Å². The Labute approximate surface area is 108 Å². The lowest BCUT2D eigenvalue weighted by molar-refractivity contribution is 0.332. The van der Waals surface area contributed by atoms with E-state index in [1.54, 1.807) is 17.4 Å². The average molecular weight is 272 g/mol. The van der Waals surface area contributed by atoms with Crippen LogP contribution in [0.25, 0.3) is 0 Å². The Morgan fingerprint density at radius 3 is 2.89 bits per heavy atom. The maximum absolute atomic E-state index is 12.6. The molecule has 1 aromatic heterocycles. The molecule has 1 aliphatic heterocycles. The van der Waals surface area contributed by atoms with Gasteiger partial charge in [-0.3, -0.25) is 4.68 Å². The van der Waals surface area contributed by atoms with E-state index in [0.29, 0.717) is 6.54 Å². The van der Waals surface area contributed by atoms with E-state index in [9.17, 15) is 8.42 Å². The molecule has 1 fully saturated rings. The standard InChI is InChI=1S/C11H20N4O2S/c1-3-8-15(10-4-6-12-9-10)18(16,17)11-5-7-13-14(11)2/h5,7,10,12H,3-4,6,8-9H2,1-2H3. The van der Waals surface area contributed by atoms with Gasteiger partial charge in [-0.05, 0) is 25.5 Å². The number of hydrogen-bond donors (Lipinski definition) is 1. The summed E-state index contributed by atoms with van der Waals surface area (Å²) in [5.41, 5.74) is 0. The topological polar surface area (TPSA) is 67.2 Å². The van der Waals surface area contributed by atoms with Crippen molar-refractivity contribution in [2.45, 2.75) is 30.8 Å². The van der Waals surface area contributed by atoms with Gasteiger partial charge in [-0.25, -0.2) is 8.42 Å². The van der Waals surface area contributed by atoms with Crippen LogP contribution < -0.4 is 5.32 Å². The fourth-order valence-corrected chi connectivity index (χ4v) is 4.19. The molecule has 0 aliphatic carbocycles. The quantitative estimate of drug-likeness (QED) is 0.830. The SMILES string of the molecule is CCCN(C1CCNC1)S(=O)(=O)c1ccnn1C. The van der Waals surface area contributed by atoms with Crippen LogP contribution in [0, 0.1) is 0 Å². The maximum Gasteiger partial charge on any atom is 0.260 e. The highest BCUT2D eigenvalue weighted by atomic mass is 32.2. The normalized spacial score (nSPS) is 20.7. The van der Waals surface area contributed by atoms with E-state index in [2.05, 4.69) is 10.4 Å². The van der Waals surface area contributed by atoms with E-state index in [1.807, 2.05) is 6.92 Å². The summed E-state index contributed by atoms with van der Waals surface area (Å²) in [5.74, 6) is 0. The maximum atomic E-state index is 12.6. The molecular weight excluding hydrogens is 252 g/mol. The molecular formula is C11H20N4O2S. The molecule has 1 atom stereocenters. The van der Waals surface area contributed by atoms with Crippen LogP contribution in [0.15, 0.2) is 17.3 Å². The second-order valence-electron chi connectivity index (χ2n) is 4.56. The number of nitrogens with zero attached hydrogens (tertiary/aromatic N) is 3. The molecule has 1 N–H and O–H groups in total. The Hall–Kier alpha value is -0.920. The largest absolute Gasteiger partial charge is 0.315 e. The number of sulfonamides is 1. The van der Waals surface area contributed by atoms with Gasteiger partial charge in [0.25, 0.3) is 10.0 Å². The summed E-state index contributed by atoms with van der Waals surface area (Å²) in [5, 5.41) is 7.43. The number of aryl methyl sites for hydroxylation is 1. The van der Waals surface area contributed by atoms with Crippen molar-refractivity contribution in [1.82, 2.24) is 19.4 Å². The third-order valence-electron chi connectivity index (χ3n) is 3.23. The van der Waals surface area contributed by atoms with Gasteiger partial charge in [-0.1, -0.05) is 6.92 Å². The van der Waals surface area contributed by atoms with Crippen molar-refractivity contribution in [3.05, 3.63) is 12.3 Å². The summed E-state index contributed by atoms with van der Waals surface area (Å²) in [6, 6.07) is 1.62. The summed E-state index contributed by atoms with van der Waals surface area (Å²) >= 11 is 0. The highest BCUT2D eigenvalue weighted by Crippen LogP contribution is 2.20. The summed E-state index contributed by atoms with van der Waals surface area (Å²) in [7, 11) is -1.78. The molecule has 0 saturated carbocycles.